The molecule has 5 heteroatoms. The molecule has 0 fully saturated rings. The lowest BCUT2D eigenvalue weighted by atomic mass is 10.2. The molecule has 0 heterocycles. The van der Waals surface area contributed by atoms with Gasteiger partial charge in [0.05, 0.1) is 12.8 Å². The van der Waals surface area contributed by atoms with Crippen molar-refractivity contribution < 1.29 is 14.3 Å². The number of hydrogen-bond donors (Lipinski definition) is 2. The number of nitrogen functional groups attached to an aromatic ring is 1. The number of carbonyl (C=O) groups is 1. The van der Waals surface area contributed by atoms with E-state index in [9.17, 15) is 4.79 Å². The average molecular weight is 266 g/mol. The van der Waals surface area contributed by atoms with E-state index < -0.39 is 0 Å². The van der Waals surface area contributed by atoms with Gasteiger partial charge in [0.25, 0.3) is 0 Å². The number of rotatable bonds is 8. The number of nitrogens with two attached hydrogens (primary N) is 1. The van der Waals surface area contributed by atoms with Gasteiger partial charge in [-0.15, -0.1) is 0 Å². The standard InChI is InChI=1S/C14H22N2O3/c1-3-8-19-9-4-5-14(17)16-12-7-6-11(15)10-13(12)18-2/h6-7,10H,3-5,8-9,15H2,1-2H3,(H,16,17). The first kappa shape index (κ1) is 15.3. The molecular weight excluding hydrogens is 244 g/mol. The summed E-state index contributed by atoms with van der Waals surface area (Å²) in [6, 6.07) is 5.14. The second kappa shape index (κ2) is 8.37. The van der Waals surface area contributed by atoms with Crippen LogP contribution in [0.15, 0.2) is 18.2 Å². The van der Waals surface area contributed by atoms with Gasteiger partial charge in [-0.05, 0) is 25.0 Å². The molecule has 5 nitrogen and oxygen atoms in total. The predicted octanol–water partition coefficient (Wildman–Crippen LogP) is 2.42. The van der Waals surface area contributed by atoms with Crippen LogP contribution in [0.1, 0.15) is 26.2 Å². The molecule has 0 unspecified atom stereocenters. The summed E-state index contributed by atoms with van der Waals surface area (Å²) in [6.07, 6.45) is 2.13. The summed E-state index contributed by atoms with van der Waals surface area (Å²) in [4.78, 5) is 11.7. The van der Waals surface area contributed by atoms with E-state index in [0.29, 0.717) is 36.6 Å². The molecule has 1 rings (SSSR count). The number of amides is 1. The van der Waals surface area contributed by atoms with Gasteiger partial charge in [-0.1, -0.05) is 6.92 Å². The van der Waals surface area contributed by atoms with Crippen molar-refractivity contribution in [1.82, 2.24) is 0 Å². The summed E-state index contributed by atoms with van der Waals surface area (Å²) < 4.78 is 10.5. The Balaban J connectivity index is 2.39. The zero-order valence-corrected chi connectivity index (χ0v) is 11.6. The Morgan fingerprint density at radius 3 is 2.84 bits per heavy atom. The highest BCUT2D eigenvalue weighted by Gasteiger charge is 2.07. The number of nitrogens with one attached hydrogen (secondary N) is 1. The molecule has 1 amide bonds. The van der Waals surface area contributed by atoms with E-state index >= 15 is 0 Å². The number of hydrogen-bond acceptors (Lipinski definition) is 4. The van der Waals surface area contributed by atoms with Crippen molar-refractivity contribution >= 4 is 17.3 Å². The largest absolute Gasteiger partial charge is 0.494 e. The monoisotopic (exact) mass is 266 g/mol. The van der Waals surface area contributed by atoms with Crippen molar-refractivity contribution in [3.05, 3.63) is 18.2 Å². The van der Waals surface area contributed by atoms with Crippen LogP contribution in [-0.2, 0) is 9.53 Å². The van der Waals surface area contributed by atoms with Crippen LogP contribution in [-0.4, -0.2) is 26.2 Å². The van der Waals surface area contributed by atoms with Gasteiger partial charge in [0, 0.05) is 31.4 Å². The fraction of sp³-hybridized carbons (Fsp3) is 0.500. The van der Waals surface area contributed by atoms with Gasteiger partial charge in [-0.25, -0.2) is 0 Å². The fourth-order valence-electron chi connectivity index (χ4n) is 1.60. The molecule has 106 valence electrons. The predicted molar refractivity (Wildman–Crippen MR) is 76.4 cm³/mol. The minimum atomic E-state index is -0.0526. The van der Waals surface area contributed by atoms with Crippen molar-refractivity contribution in [1.29, 1.82) is 0 Å². The van der Waals surface area contributed by atoms with Crippen LogP contribution in [0.2, 0.25) is 0 Å². The van der Waals surface area contributed by atoms with Gasteiger partial charge >= 0.3 is 0 Å². The molecule has 0 aliphatic carbocycles. The van der Waals surface area contributed by atoms with Crippen LogP contribution in [0.3, 0.4) is 0 Å². The highest BCUT2D eigenvalue weighted by molar-refractivity contribution is 5.92. The van der Waals surface area contributed by atoms with Crippen molar-refractivity contribution in [2.24, 2.45) is 0 Å². The molecule has 0 saturated carbocycles. The maximum absolute atomic E-state index is 11.7. The Morgan fingerprint density at radius 1 is 1.37 bits per heavy atom. The first-order valence-corrected chi connectivity index (χ1v) is 6.48. The zero-order chi connectivity index (χ0) is 14.1. The number of anilines is 2. The first-order chi connectivity index (χ1) is 9.17. The summed E-state index contributed by atoms with van der Waals surface area (Å²) in [7, 11) is 1.54. The summed E-state index contributed by atoms with van der Waals surface area (Å²) in [6.45, 7) is 3.41. The van der Waals surface area contributed by atoms with E-state index in [1.165, 1.54) is 0 Å². The Morgan fingerprint density at radius 2 is 2.16 bits per heavy atom. The highest BCUT2D eigenvalue weighted by Crippen LogP contribution is 2.26. The second-order valence-corrected chi connectivity index (χ2v) is 4.22. The number of carbonyl (C=O) groups excluding carboxylic acids is 1. The summed E-state index contributed by atoms with van der Waals surface area (Å²) in [5.74, 6) is 0.513. The van der Waals surface area contributed by atoms with Crippen LogP contribution in [0, 0.1) is 0 Å². The van der Waals surface area contributed by atoms with Crippen LogP contribution < -0.4 is 15.8 Å². The lowest BCUT2D eigenvalue weighted by Gasteiger charge is -2.10. The summed E-state index contributed by atoms with van der Waals surface area (Å²) in [5, 5.41) is 2.80. The quantitative estimate of drug-likeness (QED) is 0.560. The lowest BCUT2D eigenvalue weighted by Crippen LogP contribution is -2.13. The maximum atomic E-state index is 11.7. The zero-order valence-electron chi connectivity index (χ0n) is 11.6. The van der Waals surface area contributed by atoms with E-state index in [1.54, 1.807) is 25.3 Å². The van der Waals surface area contributed by atoms with E-state index in [0.717, 1.165) is 13.0 Å². The molecular formula is C14H22N2O3. The molecule has 3 N–H and O–H groups in total. The SMILES string of the molecule is CCCOCCCC(=O)Nc1ccc(N)cc1OC. The minimum Gasteiger partial charge on any atom is -0.494 e. The Bertz CT molecular complexity index is 408. The molecule has 0 aliphatic heterocycles. The number of benzene rings is 1. The van der Waals surface area contributed by atoms with Gasteiger partial charge in [0.2, 0.25) is 5.91 Å². The number of methoxy groups -OCH3 is 1. The lowest BCUT2D eigenvalue weighted by molar-refractivity contribution is -0.116. The normalized spacial score (nSPS) is 10.2. The highest BCUT2D eigenvalue weighted by atomic mass is 16.5. The van der Waals surface area contributed by atoms with Crippen LogP contribution in [0.5, 0.6) is 5.75 Å². The van der Waals surface area contributed by atoms with Gasteiger partial charge in [0.15, 0.2) is 0 Å². The Labute approximate surface area is 114 Å². The van der Waals surface area contributed by atoms with Crippen molar-refractivity contribution in [2.45, 2.75) is 26.2 Å². The van der Waals surface area contributed by atoms with E-state index in [4.69, 9.17) is 15.2 Å². The summed E-state index contributed by atoms with van der Waals surface area (Å²) in [5.41, 5.74) is 6.89. The maximum Gasteiger partial charge on any atom is 0.224 e. The first-order valence-electron chi connectivity index (χ1n) is 6.48. The van der Waals surface area contributed by atoms with Crippen molar-refractivity contribution in [3.63, 3.8) is 0 Å². The third kappa shape index (κ3) is 5.61. The molecule has 1 aromatic carbocycles. The minimum absolute atomic E-state index is 0.0526. The van der Waals surface area contributed by atoms with E-state index in [-0.39, 0.29) is 5.91 Å². The molecule has 1 aromatic rings. The molecule has 0 saturated heterocycles. The Kier molecular flexibility index (Phi) is 6.74. The third-order valence-electron chi connectivity index (χ3n) is 2.54. The Hall–Kier alpha value is -1.75. The van der Waals surface area contributed by atoms with Crippen LogP contribution >= 0.6 is 0 Å². The second-order valence-electron chi connectivity index (χ2n) is 4.22. The van der Waals surface area contributed by atoms with Crippen LogP contribution in [0.4, 0.5) is 11.4 Å². The molecule has 0 aromatic heterocycles. The smallest absolute Gasteiger partial charge is 0.224 e. The molecule has 0 radical (unpaired) electrons. The molecule has 0 aliphatic rings. The van der Waals surface area contributed by atoms with Crippen molar-refractivity contribution in [3.8, 4) is 5.75 Å². The van der Waals surface area contributed by atoms with Crippen LogP contribution in [0.25, 0.3) is 0 Å². The molecule has 19 heavy (non-hydrogen) atoms. The number of ether oxygens (including phenoxy) is 2. The topological polar surface area (TPSA) is 73.6 Å². The third-order valence-corrected chi connectivity index (χ3v) is 2.54. The summed E-state index contributed by atoms with van der Waals surface area (Å²) >= 11 is 0. The van der Waals surface area contributed by atoms with E-state index in [1.807, 2.05) is 0 Å². The molecule has 0 bridgehead atoms. The van der Waals surface area contributed by atoms with E-state index in [2.05, 4.69) is 12.2 Å². The average Bonchev–Trinajstić information content (AvgIpc) is 2.40. The van der Waals surface area contributed by atoms with Gasteiger partial charge in [0.1, 0.15) is 5.75 Å². The molecule has 0 atom stereocenters. The fourth-order valence-corrected chi connectivity index (χ4v) is 1.60. The molecule has 0 spiro atoms. The van der Waals surface area contributed by atoms with Gasteiger partial charge in [-0.3, -0.25) is 4.79 Å². The van der Waals surface area contributed by atoms with Crippen molar-refractivity contribution in [2.75, 3.05) is 31.4 Å². The van der Waals surface area contributed by atoms with Gasteiger partial charge in [-0.2, -0.15) is 0 Å². The van der Waals surface area contributed by atoms with Gasteiger partial charge < -0.3 is 20.5 Å².